The lowest BCUT2D eigenvalue weighted by molar-refractivity contribution is 0.414. The maximum atomic E-state index is 12.9. The molecule has 1 unspecified atom stereocenters. The molecule has 0 saturated heterocycles. The van der Waals surface area contributed by atoms with Gasteiger partial charge in [-0.2, -0.15) is 0 Å². The van der Waals surface area contributed by atoms with Gasteiger partial charge in [-0.3, -0.25) is 4.79 Å². The number of aromatic nitrogens is 2. The lowest BCUT2D eigenvalue weighted by Gasteiger charge is -2.22. The number of benzene rings is 1. The quantitative estimate of drug-likeness (QED) is 0.750. The fourth-order valence-electron chi connectivity index (χ4n) is 2.96. The second-order valence-corrected chi connectivity index (χ2v) is 7.12. The third-order valence-electron chi connectivity index (χ3n) is 4.43. The van der Waals surface area contributed by atoms with Gasteiger partial charge in [0.15, 0.2) is 0 Å². The number of hydrogen-bond acceptors (Lipinski definition) is 4. The minimum absolute atomic E-state index is 0.0677. The SMILES string of the molecule is CCC(C)n1cc(Cl)nc(N2CCc3cc(OC)cc(Br)c32)c1=O. The molecule has 0 aliphatic carbocycles. The number of fused-ring (bicyclic) bond motifs is 1. The predicted octanol–water partition coefficient (Wildman–Crippen LogP) is 4.33. The van der Waals surface area contributed by atoms with Gasteiger partial charge in [-0.1, -0.05) is 18.5 Å². The van der Waals surface area contributed by atoms with Gasteiger partial charge < -0.3 is 14.2 Å². The molecule has 0 bridgehead atoms. The standard InChI is InChI=1S/C17H19BrClN3O2/c1-4-10(2)22-9-14(19)20-16(17(22)23)21-6-5-11-7-12(24-3)8-13(18)15(11)21/h7-10H,4-6H2,1-3H3. The number of methoxy groups -OCH3 is 1. The first-order valence-corrected chi connectivity index (χ1v) is 9.06. The fraction of sp³-hybridized carbons (Fsp3) is 0.412. The highest BCUT2D eigenvalue weighted by Crippen LogP contribution is 2.41. The Bertz CT molecular complexity index is 837. The van der Waals surface area contributed by atoms with Crippen LogP contribution in [0.4, 0.5) is 11.5 Å². The third-order valence-corrected chi connectivity index (χ3v) is 5.22. The number of nitrogens with zero attached hydrogens (tertiary/aromatic N) is 3. The van der Waals surface area contributed by atoms with E-state index in [1.165, 1.54) is 0 Å². The maximum absolute atomic E-state index is 12.9. The fourth-order valence-corrected chi connectivity index (χ4v) is 3.84. The van der Waals surface area contributed by atoms with Crippen molar-refractivity contribution in [1.82, 2.24) is 9.55 Å². The highest BCUT2D eigenvalue weighted by molar-refractivity contribution is 9.10. The molecule has 3 rings (SSSR count). The highest BCUT2D eigenvalue weighted by Gasteiger charge is 2.28. The Morgan fingerprint density at radius 1 is 1.46 bits per heavy atom. The second kappa shape index (κ2) is 6.76. The van der Waals surface area contributed by atoms with Crippen molar-refractivity contribution in [3.63, 3.8) is 0 Å². The first kappa shape index (κ1) is 17.3. The van der Waals surface area contributed by atoms with Gasteiger partial charge in [0.25, 0.3) is 5.56 Å². The van der Waals surface area contributed by atoms with E-state index in [4.69, 9.17) is 16.3 Å². The molecule has 7 heteroatoms. The average molecular weight is 413 g/mol. The van der Waals surface area contributed by atoms with Gasteiger partial charge in [0, 0.05) is 23.3 Å². The summed E-state index contributed by atoms with van der Waals surface area (Å²) < 4.78 is 7.87. The van der Waals surface area contributed by atoms with Gasteiger partial charge in [0.1, 0.15) is 10.9 Å². The van der Waals surface area contributed by atoms with E-state index >= 15 is 0 Å². The molecule has 1 aromatic carbocycles. The molecule has 1 aliphatic rings. The van der Waals surface area contributed by atoms with Crippen LogP contribution < -0.4 is 15.2 Å². The van der Waals surface area contributed by atoms with Crippen LogP contribution in [0.3, 0.4) is 0 Å². The predicted molar refractivity (Wildman–Crippen MR) is 99.9 cm³/mol. The number of halogens is 2. The molecule has 2 aromatic rings. The highest BCUT2D eigenvalue weighted by atomic mass is 79.9. The van der Waals surface area contributed by atoms with Crippen molar-refractivity contribution in [1.29, 1.82) is 0 Å². The Labute approximate surface area is 154 Å². The van der Waals surface area contributed by atoms with Crippen molar-refractivity contribution < 1.29 is 4.74 Å². The number of ether oxygens (including phenoxy) is 1. The van der Waals surface area contributed by atoms with Gasteiger partial charge >= 0.3 is 0 Å². The van der Waals surface area contributed by atoms with Crippen molar-refractivity contribution in [3.05, 3.63) is 43.9 Å². The Morgan fingerprint density at radius 2 is 2.21 bits per heavy atom. The minimum Gasteiger partial charge on any atom is -0.497 e. The molecule has 0 saturated carbocycles. The molecule has 0 fully saturated rings. The van der Waals surface area contributed by atoms with E-state index in [-0.39, 0.29) is 11.6 Å². The van der Waals surface area contributed by atoms with Gasteiger partial charge in [-0.15, -0.1) is 0 Å². The molecule has 0 N–H and O–H groups in total. The maximum Gasteiger partial charge on any atom is 0.294 e. The molecular weight excluding hydrogens is 394 g/mol. The van der Waals surface area contributed by atoms with Crippen LogP contribution in [0.2, 0.25) is 5.15 Å². The molecule has 2 heterocycles. The summed E-state index contributed by atoms with van der Waals surface area (Å²) in [5.41, 5.74) is 1.96. The van der Waals surface area contributed by atoms with Gasteiger partial charge in [-0.25, -0.2) is 4.98 Å². The van der Waals surface area contributed by atoms with Crippen LogP contribution in [0.5, 0.6) is 5.75 Å². The number of hydrogen-bond donors (Lipinski definition) is 0. The van der Waals surface area contributed by atoms with Crippen molar-refractivity contribution in [2.75, 3.05) is 18.6 Å². The Hall–Kier alpha value is -1.53. The monoisotopic (exact) mass is 411 g/mol. The number of anilines is 2. The average Bonchev–Trinajstić information content (AvgIpc) is 3.00. The zero-order chi connectivity index (χ0) is 17.4. The van der Waals surface area contributed by atoms with Crippen LogP contribution >= 0.6 is 27.5 Å². The third kappa shape index (κ3) is 2.93. The largest absolute Gasteiger partial charge is 0.497 e. The summed E-state index contributed by atoms with van der Waals surface area (Å²) in [4.78, 5) is 19.2. The van der Waals surface area contributed by atoms with Crippen LogP contribution in [-0.2, 0) is 6.42 Å². The minimum atomic E-state index is -0.121. The van der Waals surface area contributed by atoms with Gasteiger partial charge in [0.2, 0.25) is 5.82 Å². The summed E-state index contributed by atoms with van der Waals surface area (Å²) in [6, 6.07) is 3.96. The molecule has 1 aromatic heterocycles. The normalized spacial score (nSPS) is 14.6. The molecule has 0 radical (unpaired) electrons. The summed E-state index contributed by atoms with van der Waals surface area (Å²) >= 11 is 9.78. The zero-order valence-electron chi connectivity index (χ0n) is 13.8. The van der Waals surface area contributed by atoms with Crippen LogP contribution in [-0.4, -0.2) is 23.2 Å². The smallest absolute Gasteiger partial charge is 0.294 e. The van der Waals surface area contributed by atoms with E-state index in [0.717, 1.165) is 34.3 Å². The molecule has 1 atom stereocenters. The van der Waals surface area contributed by atoms with Crippen LogP contribution in [0, 0.1) is 0 Å². The molecule has 1 aliphatic heterocycles. The second-order valence-electron chi connectivity index (χ2n) is 5.88. The summed E-state index contributed by atoms with van der Waals surface area (Å²) in [5, 5.41) is 0.322. The van der Waals surface area contributed by atoms with E-state index in [0.29, 0.717) is 17.5 Å². The Morgan fingerprint density at radius 3 is 2.88 bits per heavy atom. The van der Waals surface area contributed by atoms with Crippen LogP contribution in [0.25, 0.3) is 0 Å². The molecular formula is C17H19BrClN3O2. The van der Waals surface area contributed by atoms with Gasteiger partial charge in [0.05, 0.1) is 12.8 Å². The molecule has 5 nitrogen and oxygen atoms in total. The Kier molecular flexibility index (Phi) is 4.88. The molecule has 0 spiro atoms. The van der Waals surface area contributed by atoms with Crippen molar-refractivity contribution in [2.45, 2.75) is 32.7 Å². The summed E-state index contributed by atoms with van der Waals surface area (Å²) in [6.45, 7) is 4.73. The van der Waals surface area contributed by atoms with E-state index in [1.54, 1.807) is 17.9 Å². The first-order chi connectivity index (χ1) is 11.5. The summed E-state index contributed by atoms with van der Waals surface area (Å²) in [7, 11) is 1.64. The van der Waals surface area contributed by atoms with Gasteiger partial charge in [-0.05, 0) is 53.4 Å². The Balaban J connectivity index is 2.14. The van der Waals surface area contributed by atoms with E-state index in [9.17, 15) is 4.79 Å². The van der Waals surface area contributed by atoms with E-state index in [2.05, 4.69) is 20.9 Å². The lowest BCUT2D eigenvalue weighted by atomic mass is 10.1. The lowest BCUT2D eigenvalue weighted by Crippen LogP contribution is -2.31. The van der Waals surface area contributed by atoms with Crippen molar-refractivity contribution in [2.24, 2.45) is 0 Å². The number of rotatable bonds is 4. The molecule has 128 valence electrons. The van der Waals surface area contributed by atoms with Crippen molar-refractivity contribution in [3.8, 4) is 5.75 Å². The van der Waals surface area contributed by atoms with Crippen LogP contribution in [0.15, 0.2) is 27.6 Å². The first-order valence-electron chi connectivity index (χ1n) is 7.88. The molecule has 24 heavy (non-hydrogen) atoms. The summed E-state index contributed by atoms with van der Waals surface area (Å²) in [6.07, 6.45) is 3.28. The van der Waals surface area contributed by atoms with E-state index < -0.39 is 0 Å². The topological polar surface area (TPSA) is 47.4 Å². The van der Waals surface area contributed by atoms with Crippen LogP contribution in [0.1, 0.15) is 31.9 Å². The molecule has 0 amide bonds. The van der Waals surface area contributed by atoms with E-state index in [1.807, 2.05) is 30.9 Å². The zero-order valence-corrected chi connectivity index (χ0v) is 16.2. The summed E-state index contributed by atoms with van der Waals surface area (Å²) in [5.74, 6) is 1.16. The van der Waals surface area contributed by atoms with Crippen molar-refractivity contribution >= 4 is 39.0 Å².